The van der Waals surface area contributed by atoms with Gasteiger partial charge in [-0.05, 0) is 30.3 Å². The summed E-state index contributed by atoms with van der Waals surface area (Å²) in [4.78, 5) is 27.1. The van der Waals surface area contributed by atoms with Crippen molar-refractivity contribution >= 4 is 45.2 Å². The summed E-state index contributed by atoms with van der Waals surface area (Å²) >= 11 is 4.91. The summed E-state index contributed by atoms with van der Waals surface area (Å²) in [5.41, 5.74) is 1.66. The Hall–Kier alpha value is -1.99. The van der Waals surface area contributed by atoms with Crippen LogP contribution in [0.3, 0.4) is 0 Å². The van der Waals surface area contributed by atoms with Crippen LogP contribution in [-0.2, 0) is 16.1 Å². The van der Waals surface area contributed by atoms with E-state index in [1.165, 1.54) is 11.8 Å². The monoisotopic (exact) mass is 420 g/mol. The summed E-state index contributed by atoms with van der Waals surface area (Å²) in [6.07, 6.45) is 0. The topological polar surface area (TPSA) is 58.6 Å². The predicted octanol–water partition coefficient (Wildman–Crippen LogP) is 3.21. The zero-order valence-corrected chi connectivity index (χ0v) is 16.0. The molecule has 2 aromatic carbocycles. The Morgan fingerprint density at radius 3 is 2.92 bits per heavy atom. The fourth-order valence-electron chi connectivity index (χ4n) is 2.61. The Morgan fingerprint density at radius 2 is 2.12 bits per heavy atom. The van der Waals surface area contributed by atoms with Gasteiger partial charge in [0.15, 0.2) is 0 Å². The molecule has 1 aliphatic heterocycles. The number of fused-ring (bicyclic) bond motifs is 1. The minimum absolute atomic E-state index is 0.00667. The molecule has 1 aliphatic rings. The number of ether oxygens (including phenoxy) is 1. The van der Waals surface area contributed by atoms with Crippen molar-refractivity contribution in [3.05, 3.63) is 52.5 Å². The van der Waals surface area contributed by atoms with Crippen LogP contribution in [0.5, 0.6) is 5.75 Å². The first-order chi connectivity index (χ1) is 12.1. The van der Waals surface area contributed by atoms with Crippen LogP contribution in [0.1, 0.15) is 5.56 Å². The number of methoxy groups -OCH3 is 1. The lowest BCUT2D eigenvalue weighted by molar-refractivity contribution is -0.123. The molecular formula is C18H17BrN2O3S. The van der Waals surface area contributed by atoms with Crippen LogP contribution in [0.4, 0.5) is 5.69 Å². The number of amides is 2. The Bertz CT molecular complexity index is 813. The maximum atomic E-state index is 12.4. The molecule has 0 aromatic heterocycles. The molecule has 0 aliphatic carbocycles. The van der Waals surface area contributed by atoms with Gasteiger partial charge in [0.05, 0.1) is 18.6 Å². The van der Waals surface area contributed by atoms with E-state index in [0.717, 1.165) is 20.6 Å². The van der Waals surface area contributed by atoms with Crippen molar-refractivity contribution in [3.63, 3.8) is 0 Å². The number of anilines is 1. The minimum Gasteiger partial charge on any atom is -0.496 e. The molecule has 0 saturated carbocycles. The molecule has 1 N–H and O–H groups in total. The average Bonchev–Trinajstić information content (AvgIpc) is 2.62. The minimum atomic E-state index is -0.211. The molecule has 0 unspecified atom stereocenters. The Kier molecular flexibility index (Phi) is 5.65. The number of carbonyl (C=O) groups is 2. The van der Waals surface area contributed by atoms with E-state index in [2.05, 4.69) is 21.2 Å². The van der Waals surface area contributed by atoms with Gasteiger partial charge in [-0.3, -0.25) is 9.59 Å². The Balaban J connectivity index is 1.67. The zero-order chi connectivity index (χ0) is 17.8. The second kappa shape index (κ2) is 7.93. The van der Waals surface area contributed by atoms with E-state index >= 15 is 0 Å². The number of hydrogen-bond acceptors (Lipinski definition) is 4. The zero-order valence-electron chi connectivity index (χ0n) is 13.6. The number of thioether (sulfide) groups is 1. The van der Waals surface area contributed by atoms with Crippen molar-refractivity contribution in [1.29, 1.82) is 0 Å². The SMILES string of the molecule is COc1ccc(Br)cc1CNC(=O)CN1C(=O)CSc2ccccc21. The van der Waals surface area contributed by atoms with Crippen molar-refractivity contribution in [2.45, 2.75) is 11.4 Å². The molecule has 5 nitrogen and oxygen atoms in total. The largest absolute Gasteiger partial charge is 0.496 e. The van der Waals surface area contributed by atoms with E-state index in [9.17, 15) is 9.59 Å². The third-order valence-electron chi connectivity index (χ3n) is 3.83. The van der Waals surface area contributed by atoms with E-state index in [4.69, 9.17) is 4.74 Å². The number of nitrogens with zero attached hydrogens (tertiary/aromatic N) is 1. The Labute approximate surface area is 158 Å². The smallest absolute Gasteiger partial charge is 0.240 e. The third kappa shape index (κ3) is 4.16. The van der Waals surface area contributed by atoms with Crippen LogP contribution in [0, 0.1) is 0 Å². The maximum absolute atomic E-state index is 12.4. The van der Waals surface area contributed by atoms with Crippen molar-refractivity contribution in [2.75, 3.05) is 24.3 Å². The molecular weight excluding hydrogens is 404 g/mol. The lowest BCUT2D eigenvalue weighted by Crippen LogP contribution is -2.43. The summed E-state index contributed by atoms with van der Waals surface area (Å²) in [6.45, 7) is 0.340. The van der Waals surface area contributed by atoms with Crippen LogP contribution in [0.25, 0.3) is 0 Å². The molecule has 0 bridgehead atoms. The van der Waals surface area contributed by atoms with Gasteiger partial charge in [-0.2, -0.15) is 0 Å². The first-order valence-electron chi connectivity index (χ1n) is 7.70. The van der Waals surface area contributed by atoms with Gasteiger partial charge < -0.3 is 15.0 Å². The van der Waals surface area contributed by atoms with Crippen LogP contribution in [0.15, 0.2) is 51.8 Å². The van der Waals surface area contributed by atoms with Crippen molar-refractivity contribution in [1.82, 2.24) is 5.32 Å². The van der Waals surface area contributed by atoms with Crippen LogP contribution >= 0.6 is 27.7 Å². The maximum Gasteiger partial charge on any atom is 0.240 e. The first kappa shape index (κ1) is 17.8. The second-order valence-electron chi connectivity index (χ2n) is 5.47. The molecule has 0 saturated heterocycles. The number of benzene rings is 2. The normalized spacial score (nSPS) is 13.4. The predicted molar refractivity (Wildman–Crippen MR) is 102 cm³/mol. The van der Waals surface area contributed by atoms with E-state index in [-0.39, 0.29) is 18.4 Å². The van der Waals surface area contributed by atoms with Gasteiger partial charge in [0.25, 0.3) is 0 Å². The highest BCUT2D eigenvalue weighted by molar-refractivity contribution is 9.10. The van der Waals surface area contributed by atoms with Gasteiger partial charge >= 0.3 is 0 Å². The molecule has 0 radical (unpaired) electrons. The molecule has 2 amide bonds. The number of rotatable bonds is 5. The fourth-order valence-corrected chi connectivity index (χ4v) is 3.95. The number of nitrogens with one attached hydrogen (secondary N) is 1. The first-order valence-corrected chi connectivity index (χ1v) is 9.47. The lowest BCUT2D eigenvalue weighted by atomic mass is 10.2. The molecule has 0 atom stereocenters. The van der Waals surface area contributed by atoms with Crippen LogP contribution < -0.4 is 15.0 Å². The molecule has 7 heteroatoms. The van der Waals surface area contributed by atoms with Crippen molar-refractivity contribution in [3.8, 4) is 5.75 Å². The van der Waals surface area contributed by atoms with Gasteiger partial charge in [0.1, 0.15) is 12.3 Å². The summed E-state index contributed by atoms with van der Waals surface area (Å²) in [6, 6.07) is 13.2. The summed E-state index contributed by atoms with van der Waals surface area (Å²) < 4.78 is 6.22. The van der Waals surface area contributed by atoms with E-state index in [1.54, 1.807) is 12.0 Å². The standard InChI is InChI=1S/C18H17BrN2O3S/c1-24-15-7-6-13(19)8-12(15)9-20-17(22)10-21-14-4-2-3-5-16(14)25-11-18(21)23/h2-8H,9-11H2,1H3,(H,20,22). The molecule has 2 aromatic rings. The lowest BCUT2D eigenvalue weighted by Gasteiger charge is -2.28. The van der Waals surface area contributed by atoms with Gasteiger partial charge in [0, 0.05) is 21.5 Å². The van der Waals surface area contributed by atoms with Crippen LogP contribution in [-0.4, -0.2) is 31.2 Å². The van der Waals surface area contributed by atoms with Crippen molar-refractivity contribution in [2.24, 2.45) is 0 Å². The van der Waals surface area contributed by atoms with E-state index in [1.807, 2.05) is 42.5 Å². The number of halogens is 1. The molecule has 1 heterocycles. The number of para-hydroxylation sites is 1. The van der Waals surface area contributed by atoms with Gasteiger partial charge in [-0.15, -0.1) is 11.8 Å². The molecule has 25 heavy (non-hydrogen) atoms. The van der Waals surface area contributed by atoms with E-state index in [0.29, 0.717) is 18.0 Å². The number of hydrogen-bond donors (Lipinski definition) is 1. The summed E-state index contributed by atoms with van der Waals surface area (Å²) in [5, 5.41) is 2.86. The molecule has 3 rings (SSSR count). The van der Waals surface area contributed by atoms with Crippen LogP contribution in [0.2, 0.25) is 0 Å². The highest BCUT2D eigenvalue weighted by Crippen LogP contribution is 2.34. The number of carbonyl (C=O) groups excluding carboxylic acids is 2. The van der Waals surface area contributed by atoms with Gasteiger partial charge in [-0.25, -0.2) is 0 Å². The highest BCUT2D eigenvalue weighted by atomic mass is 79.9. The second-order valence-corrected chi connectivity index (χ2v) is 7.40. The van der Waals surface area contributed by atoms with Gasteiger partial charge in [-0.1, -0.05) is 28.1 Å². The summed E-state index contributed by atoms with van der Waals surface area (Å²) in [7, 11) is 1.59. The molecule has 0 spiro atoms. The molecule has 130 valence electrons. The fraction of sp³-hybridized carbons (Fsp3) is 0.222. The third-order valence-corrected chi connectivity index (χ3v) is 5.37. The highest BCUT2D eigenvalue weighted by Gasteiger charge is 2.26. The quantitative estimate of drug-likeness (QED) is 0.806. The Morgan fingerprint density at radius 1 is 1.32 bits per heavy atom. The van der Waals surface area contributed by atoms with Crippen molar-refractivity contribution < 1.29 is 14.3 Å². The van der Waals surface area contributed by atoms with Gasteiger partial charge in [0.2, 0.25) is 11.8 Å². The summed E-state index contributed by atoms with van der Waals surface area (Å²) in [5.74, 6) is 0.791. The molecule has 0 fully saturated rings. The van der Waals surface area contributed by atoms with E-state index < -0.39 is 0 Å². The average molecular weight is 421 g/mol.